The molecule has 2 rings (SSSR count). The summed E-state index contributed by atoms with van der Waals surface area (Å²) in [5.74, 6) is -0.978. The molecular weight excluding hydrogens is 395 g/mol. The van der Waals surface area contributed by atoms with E-state index in [1.54, 1.807) is 0 Å². The molecule has 0 radical (unpaired) electrons. The van der Waals surface area contributed by atoms with Crippen molar-refractivity contribution in [3.05, 3.63) is 33.9 Å². The third-order valence-corrected chi connectivity index (χ3v) is 4.77. The summed E-state index contributed by atoms with van der Waals surface area (Å²) in [4.78, 5) is 33.7. The zero-order chi connectivity index (χ0) is 21.6. The van der Waals surface area contributed by atoms with Crippen LogP contribution in [0.3, 0.4) is 0 Å². The number of nitrogens with one attached hydrogen (secondary N) is 2. The Hall–Kier alpha value is -2.85. The van der Waals surface area contributed by atoms with E-state index in [1.807, 2.05) is 6.92 Å². The maximum absolute atomic E-state index is 12.7. The second kappa shape index (κ2) is 9.57. The lowest BCUT2D eigenvalue weighted by Gasteiger charge is -2.29. The second-order valence-electron chi connectivity index (χ2n) is 6.94. The monoisotopic (exact) mass is 417 g/mol. The number of ether oxygens (including phenoxy) is 1. The van der Waals surface area contributed by atoms with Crippen molar-refractivity contribution >= 4 is 23.3 Å². The third-order valence-electron chi connectivity index (χ3n) is 4.77. The van der Waals surface area contributed by atoms with E-state index in [-0.39, 0.29) is 11.7 Å². The number of hydrogen-bond acceptors (Lipinski definition) is 6. The summed E-state index contributed by atoms with van der Waals surface area (Å²) in [5.41, 5.74) is -2.26. The van der Waals surface area contributed by atoms with Crippen molar-refractivity contribution in [3.8, 4) is 0 Å². The number of benzene rings is 1. The Morgan fingerprint density at radius 2 is 1.97 bits per heavy atom. The highest BCUT2D eigenvalue weighted by Gasteiger charge is 2.33. The molecule has 2 atom stereocenters. The molecule has 0 bridgehead atoms. The first-order valence-electron chi connectivity index (χ1n) is 9.12. The largest absolute Gasteiger partial charge is 0.454 e. The van der Waals surface area contributed by atoms with Crippen LogP contribution in [0, 0.1) is 16.0 Å². The van der Waals surface area contributed by atoms with Gasteiger partial charge in [0.15, 0.2) is 6.61 Å². The highest BCUT2D eigenvalue weighted by Crippen LogP contribution is 2.34. The quantitative estimate of drug-likeness (QED) is 0.400. The third kappa shape index (κ3) is 6.61. The number of esters is 1. The molecule has 1 fully saturated rings. The van der Waals surface area contributed by atoms with E-state index < -0.39 is 47.4 Å². The van der Waals surface area contributed by atoms with Gasteiger partial charge in [-0.15, -0.1) is 0 Å². The van der Waals surface area contributed by atoms with Crippen LogP contribution in [0.4, 0.5) is 24.5 Å². The SMILES string of the molecule is C[C@@H]1CCCC[C@H]1NC(=O)COC(=O)CNc1ccc(C(F)(F)F)cc1[N+](=O)[O-]. The van der Waals surface area contributed by atoms with Crippen LogP contribution in [0.2, 0.25) is 0 Å². The van der Waals surface area contributed by atoms with Gasteiger partial charge >= 0.3 is 12.1 Å². The number of hydrogen-bond donors (Lipinski definition) is 2. The van der Waals surface area contributed by atoms with Crippen molar-refractivity contribution in [1.29, 1.82) is 0 Å². The van der Waals surface area contributed by atoms with Gasteiger partial charge in [0.25, 0.3) is 11.6 Å². The number of halogens is 3. The molecule has 1 aliphatic carbocycles. The van der Waals surface area contributed by atoms with E-state index in [2.05, 4.69) is 10.6 Å². The van der Waals surface area contributed by atoms with Crippen molar-refractivity contribution in [3.63, 3.8) is 0 Å². The Bertz CT molecular complexity index is 770. The van der Waals surface area contributed by atoms with Crippen LogP contribution in [0.5, 0.6) is 0 Å². The van der Waals surface area contributed by atoms with Crippen LogP contribution < -0.4 is 10.6 Å². The van der Waals surface area contributed by atoms with Crippen molar-refractivity contribution < 1.29 is 32.4 Å². The van der Waals surface area contributed by atoms with E-state index in [0.717, 1.165) is 31.7 Å². The van der Waals surface area contributed by atoms with Crippen molar-refractivity contribution in [2.45, 2.75) is 44.8 Å². The predicted molar refractivity (Wildman–Crippen MR) is 97.1 cm³/mol. The molecule has 0 aliphatic heterocycles. The first-order chi connectivity index (χ1) is 13.6. The molecule has 2 N–H and O–H groups in total. The molecule has 29 heavy (non-hydrogen) atoms. The summed E-state index contributed by atoms with van der Waals surface area (Å²) in [6.07, 6.45) is -0.721. The van der Waals surface area contributed by atoms with Crippen LogP contribution >= 0.6 is 0 Å². The molecule has 0 heterocycles. The first kappa shape index (κ1) is 22.4. The molecule has 8 nitrogen and oxygen atoms in total. The molecule has 1 saturated carbocycles. The average molecular weight is 417 g/mol. The molecule has 11 heteroatoms. The lowest BCUT2D eigenvalue weighted by Crippen LogP contribution is -2.43. The maximum Gasteiger partial charge on any atom is 0.416 e. The van der Waals surface area contributed by atoms with Gasteiger partial charge in [-0.1, -0.05) is 19.8 Å². The van der Waals surface area contributed by atoms with Gasteiger partial charge in [0, 0.05) is 12.1 Å². The lowest BCUT2D eigenvalue weighted by molar-refractivity contribution is -0.384. The Balaban J connectivity index is 1.85. The summed E-state index contributed by atoms with van der Waals surface area (Å²) < 4.78 is 42.9. The Morgan fingerprint density at radius 1 is 1.28 bits per heavy atom. The number of amides is 1. The number of rotatable bonds is 7. The van der Waals surface area contributed by atoms with Crippen LogP contribution in [0.15, 0.2) is 18.2 Å². The number of nitro benzene ring substituents is 1. The average Bonchev–Trinajstić information content (AvgIpc) is 2.65. The van der Waals surface area contributed by atoms with E-state index in [0.29, 0.717) is 18.1 Å². The molecule has 0 aromatic heterocycles. The lowest BCUT2D eigenvalue weighted by atomic mass is 9.86. The van der Waals surface area contributed by atoms with Gasteiger partial charge in [-0.2, -0.15) is 13.2 Å². The van der Waals surface area contributed by atoms with Gasteiger partial charge in [-0.25, -0.2) is 0 Å². The first-order valence-corrected chi connectivity index (χ1v) is 9.12. The van der Waals surface area contributed by atoms with E-state index in [4.69, 9.17) is 4.74 Å². The minimum absolute atomic E-state index is 0.0304. The molecule has 1 aromatic rings. The van der Waals surface area contributed by atoms with Gasteiger partial charge in [-0.05, 0) is 30.9 Å². The Labute approximate surface area is 164 Å². The molecular formula is C18H22F3N3O5. The number of carbonyl (C=O) groups excluding carboxylic acids is 2. The summed E-state index contributed by atoms with van der Waals surface area (Å²) in [7, 11) is 0. The minimum Gasteiger partial charge on any atom is -0.454 e. The van der Waals surface area contributed by atoms with Gasteiger partial charge in [0.1, 0.15) is 12.2 Å². The molecule has 160 valence electrons. The fraction of sp³-hybridized carbons (Fsp3) is 0.556. The molecule has 1 aromatic carbocycles. The smallest absolute Gasteiger partial charge is 0.416 e. The van der Waals surface area contributed by atoms with Gasteiger partial charge in [0.05, 0.1) is 10.5 Å². The molecule has 0 spiro atoms. The molecule has 1 aliphatic rings. The number of nitrogens with zero attached hydrogens (tertiary/aromatic N) is 1. The standard InChI is InChI=1S/C18H22F3N3O5/c1-11-4-2-3-5-13(11)23-16(25)10-29-17(26)9-22-14-7-6-12(18(19,20)21)8-15(14)24(27)28/h6-8,11,13,22H,2-5,9-10H2,1H3,(H,23,25)/t11-,13-/m1/s1. The van der Waals surface area contributed by atoms with Gasteiger partial charge < -0.3 is 15.4 Å². The van der Waals surface area contributed by atoms with Crippen molar-refractivity contribution in [1.82, 2.24) is 5.32 Å². The van der Waals surface area contributed by atoms with Crippen molar-refractivity contribution in [2.24, 2.45) is 5.92 Å². The van der Waals surface area contributed by atoms with Gasteiger partial charge in [0.2, 0.25) is 0 Å². The molecule has 0 saturated heterocycles. The number of carbonyl (C=O) groups is 2. The Morgan fingerprint density at radius 3 is 2.59 bits per heavy atom. The van der Waals surface area contributed by atoms with Gasteiger partial charge in [-0.3, -0.25) is 19.7 Å². The van der Waals surface area contributed by atoms with Crippen LogP contribution in [-0.4, -0.2) is 36.0 Å². The van der Waals surface area contributed by atoms with Crippen LogP contribution in [-0.2, 0) is 20.5 Å². The predicted octanol–water partition coefficient (Wildman–Crippen LogP) is 3.26. The minimum atomic E-state index is -4.73. The van der Waals surface area contributed by atoms with E-state index in [1.165, 1.54) is 0 Å². The normalized spacial score (nSPS) is 19.3. The van der Waals surface area contributed by atoms with Crippen LogP contribution in [0.25, 0.3) is 0 Å². The highest BCUT2D eigenvalue weighted by atomic mass is 19.4. The number of alkyl halides is 3. The zero-order valence-corrected chi connectivity index (χ0v) is 15.8. The second-order valence-corrected chi connectivity index (χ2v) is 6.94. The highest BCUT2D eigenvalue weighted by molar-refractivity contribution is 5.82. The summed E-state index contributed by atoms with van der Waals surface area (Å²) >= 11 is 0. The molecule has 0 unspecified atom stereocenters. The Kier molecular flexibility index (Phi) is 7.40. The topological polar surface area (TPSA) is 111 Å². The number of anilines is 1. The van der Waals surface area contributed by atoms with E-state index >= 15 is 0 Å². The van der Waals surface area contributed by atoms with E-state index in [9.17, 15) is 32.9 Å². The van der Waals surface area contributed by atoms with Crippen molar-refractivity contribution in [2.75, 3.05) is 18.5 Å². The summed E-state index contributed by atoms with van der Waals surface area (Å²) in [5, 5.41) is 16.2. The maximum atomic E-state index is 12.7. The fourth-order valence-electron chi connectivity index (χ4n) is 3.15. The zero-order valence-electron chi connectivity index (χ0n) is 15.8. The number of nitro groups is 1. The fourth-order valence-corrected chi connectivity index (χ4v) is 3.15. The summed E-state index contributed by atoms with van der Waals surface area (Å²) in [6.45, 7) is 0.995. The summed E-state index contributed by atoms with van der Waals surface area (Å²) in [6, 6.07) is 1.94. The van der Waals surface area contributed by atoms with Crippen LogP contribution in [0.1, 0.15) is 38.2 Å². The molecule has 1 amide bonds.